The van der Waals surface area contributed by atoms with E-state index >= 15 is 0 Å². The number of amides is 1. The summed E-state index contributed by atoms with van der Waals surface area (Å²) in [5, 5.41) is 2.57. The largest absolute Gasteiger partial charge is 0.488 e. The topological polar surface area (TPSA) is 73.9 Å². The normalized spacial score (nSPS) is 12.0. The van der Waals surface area contributed by atoms with Crippen molar-refractivity contribution in [2.75, 3.05) is 7.11 Å². The Morgan fingerprint density at radius 2 is 1.61 bits per heavy atom. The van der Waals surface area contributed by atoms with E-state index in [0.717, 1.165) is 16.9 Å². The smallest absolute Gasteiger partial charge is 0.408 e. The third-order valence-corrected chi connectivity index (χ3v) is 3.78. The van der Waals surface area contributed by atoms with Crippen LogP contribution in [0, 0.1) is 0 Å². The number of nitrogens with one attached hydrogen (secondary N) is 1. The van der Waals surface area contributed by atoms with Gasteiger partial charge in [-0.25, -0.2) is 9.59 Å². The number of esters is 1. The van der Waals surface area contributed by atoms with Gasteiger partial charge in [-0.1, -0.05) is 42.5 Å². The summed E-state index contributed by atoms with van der Waals surface area (Å²) in [5.74, 6) is 0.202. The van der Waals surface area contributed by atoms with Gasteiger partial charge in [0.05, 0.1) is 7.11 Å². The van der Waals surface area contributed by atoms with Gasteiger partial charge >= 0.3 is 12.1 Å². The molecule has 2 rings (SSSR count). The first-order valence-corrected chi connectivity index (χ1v) is 9.10. The maximum atomic E-state index is 12.1. The molecule has 0 saturated carbocycles. The minimum Gasteiger partial charge on any atom is -0.488 e. The Morgan fingerprint density at radius 3 is 2.18 bits per heavy atom. The average molecular weight is 385 g/mol. The van der Waals surface area contributed by atoms with Crippen LogP contribution in [0.3, 0.4) is 0 Å². The predicted molar refractivity (Wildman–Crippen MR) is 106 cm³/mol. The highest BCUT2D eigenvalue weighted by atomic mass is 16.6. The van der Waals surface area contributed by atoms with Crippen molar-refractivity contribution in [1.82, 2.24) is 5.32 Å². The molecule has 150 valence electrons. The van der Waals surface area contributed by atoms with Crippen LogP contribution in [0.4, 0.5) is 4.79 Å². The van der Waals surface area contributed by atoms with Crippen molar-refractivity contribution in [2.24, 2.45) is 0 Å². The van der Waals surface area contributed by atoms with Crippen LogP contribution in [0.2, 0.25) is 0 Å². The molecular weight excluding hydrogens is 358 g/mol. The van der Waals surface area contributed by atoms with Crippen LogP contribution >= 0.6 is 0 Å². The molecule has 0 bridgehead atoms. The highest BCUT2D eigenvalue weighted by molar-refractivity contribution is 5.81. The SMILES string of the molecule is COC(=O)C(Cc1ccc(OC(C)(C)C)cc1)NC(=O)OCc1ccccc1. The zero-order chi connectivity index (χ0) is 20.6. The van der Waals surface area contributed by atoms with Crippen LogP contribution in [-0.4, -0.2) is 30.8 Å². The van der Waals surface area contributed by atoms with E-state index in [4.69, 9.17) is 14.2 Å². The summed E-state index contributed by atoms with van der Waals surface area (Å²) in [4.78, 5) is 24.2. The number of hydrogen-bond acceptors (Lipinski definition) is 5. The second-order valence-corrected chi connectivity index (χ2v) is 7.34. The van der Waals surface area contributed by atoms with Crippen molar-refractivity contribution in [2.45, 2.75) is 45.4 Å². The summed E-state index contributed by atoms with van der Waals surface area (Å²) in [6.45, 7) is 6.04. The van der Waals surface area contributed by atoms with Gasteiger partial charge in [0.15, 0.2) is 0 Å². The molecule has 1 amide bonds. The lowest BCUT2D eigenvalue weighted by Crippen LogP contribution is -2.43. The fourth-order valence-corrected chi connectivity index (χ4v) is 2.53. The minimum absolute atomic E-state index is 0.124. The van der Waals surface area contributed by atoms with Crippen molar-refractivity contribution in [3.63, 3.8) is 0 Å². The lowest BCUT2D eigenvalue weighted by atomic mass is 10.1. The molecule has 0 fully saturated rings. The molecule has 0 spiro atoms. The fraction of sp³-hybridized carbons (Fsp3) is 0.364. The molecule has 1 atom stereocenters. The molecule has 0 aromatic heterocycles. The molecule has 28 heavy (non-hydrogen) atoms. The van der Waals surface area contributed by atoms with Gasteiger partial charge in [0, 0.05) is 6.42 Å². The molecule has 0 saturated heterocycles. The van der Waals surface area contributed by atoms with Crippen LogP contribution in [0.5, 0.6) is 5.75 Å². The van der Waals surface area contributed by atoms with E-state index < -0.39 is 18.1 Å². The number of hydrogen-bond donors (Lipinski definition) is 1. The Balaban J connectivity index is 1.95. The second kappa shape index (κ2) is 9.78. The van der Waals surface area contributed by atoms with Gasteiger partial charge in [0.1, 0.15) is 24.0 Å². The summed E-state index contributed by atoms with van der Waals surface area (Å²) in [6, 6.07) is 15.9. The highest BCUT2D eigenvalue weighted by Crippen LogP contribution is 2.19. The first-order chi connectivity index (χ1) is 13.3. The van der Waals surface area contributed by atoms with Crippen LogP contribution in [0.15, 0.2) is 54.6 Å². The summed E-state index contributed by atoms with van der Waals surface area (Å²) in [7, 11) is 1.28. The maximum absolute atomic E-state index is 12.1. The minimum atomic E-state index is -0.845. The third kappa shape index (κ3) is 7.31. The van der Waals surface area contributed by atoms with Crippen LogP contribution < -0.4 is 10.1 Å². The van der Waals surface area contributed by atoms with Crippen molar-refractivity contribution in [3.8, 4) is 5.75 Å². The number of carbonyl (C=O) groups excluding carboxylic acids is 2. The summed E-state index contributed by atoms with van der Waals surface area (Å²) < 4.78 is 15.8. The maximum Gasteiger partial charge on any atom is 0.408 e. The zero-order valence-electron chi connectivity index (χ0n) is 16.7. The highest BCUT2D eigenvalue weighted by Gasteiger charge is 2.23. The van der Waals surface area contributed by atoms with E-state index in [1.54, 1.807) is 0 Å². The van der Waals surface area contributed by atoms with Gasteiger partial charge < -0.3 is 19.5 Å². The molecule has 2 aromatic rings. The number of alkyl carbamates (subject to hydrolysis) is 1. The fourth-order valence-electron chi connectivity index (χ4n) is 2.53. The Hall–Kier alpha value is -3.02. The molecule has 1 unspecified atom stereocenters. The molecular formula is C22H27NO5. The van der Waals surface area contributed by atoms with E-state index in [1.807, 2.05) is 75.4 Å². The zero-order valence-corrected chi connectivity index (χ0v) is 16.7. The Kier molecular flexibility index (Phi) is 7.44. The summed E-state index contributed by atoms with van der Waals surface area (Å²) in [5.41, 5.74) is 1.43. The second-order valence-electron chi connectivity index (χ2n) is 7.34. The standard InChI is InChI=1S/C22H27NO5/c1-22(2,3)28-18-12-10-16(11-13-18)14-19(20(24)26-4)23-21(25)27-15-17-8-6-5-7-9-17/h5-13,19H,14-15H2,1-4H3,(H,23,25). The van der Waals surface area contributed by atoms with Gasteiger partial charge in [-0.15, -0.1) is 0 Å². The molecule has 0 heterocycles. The van der Waals surface area contributed by atoms with E-state index in [1.165, 1.54) is 7.11 Å². The number of ether oxygens (including phenoxy) is 3. The molecule has 6 nitrogen and oxygen atoms in total. The first kappa shape index (κ1) is 21.3. The molecule has 1 N–H and O–H groups in total. The lowest BCUT2D eigenvalue weighted by Gasteiger charge is -2.21. The number of benzene rings is 2. The van der Waals surface area contributed by atoms with Crippen molar-refractivity contribution < 1.29 is 23.8 Å². The quantitative estimate of drug-likeness (QED) is 0.733. The van der Waals surface area contributed by atoms with Crippen molar-refractivity contribution >= 4 is 12.1 Å². The van der Waals surface area contributed by atoms with Crippen LogP contribution in [0.25, 0.3) is 0 Å². The molecule has 0 aliphatic carbocycles. The van der Waals surface area contributed by atoms with Gasteiger partial charge in [-0.2, -0.15) is 0 Å². The van der Waals surface area contributed by atoms with E-state index in [9.17, 15) is 9.59 Å². The molecule has 0 aliphatic rings. The number of rotatable bonds is 7. The van der Waals surface area contributed by atoms with E-state index in [2.05, 4.69) is 5.32 Å². The number of carbonyl (C=O) groups is 2. The Labute approximate surface area is 165 Å². The summed E-state index contributed by atoms with van der Waals surface area (Å²) in [6.07, 6.45) is -0.393. The third-order valence-electron chi connectivity index (χ3n) is 3.78. The Morgan fingerprint density at radius 1 is 0.964 bits per heavy atom. The summed E-state index contributed by atoms with van der Waals surface area (Å²) >= 11 is 0. The van der Waals surface area contributed by atoms with Crippen molar-refractivity contribution in [3.05, 3.63) is 65.7 Å². The van der Waals surface area contributed by atoms with Gasteiger partial charge in [0.2, 0.25) is 0 Å². The number of methoxy groups -OCH3 is 1. The Bertz CT molecular complexity index is 766. The molecule has 0 radical (unpaired) electrons. The van der Waals surface area contributed by atoms with Gasteiger partial charge in [-0.05, 0) is 44.0 Å². The van der Waals surface area contributed by atoms with Gasteiger partial charge in [-0.3, -0.25) is 0 Å². The monoisotopic (exact) mass is 385 g/mol. The van der Waals surface area contributed by atoms with Crippen molar-refractivity contribution in [1.29, 1.82) is 0 Å². The molecule has 0 aliphatic heterocycles. The van der Waals surface area contributed by atoms with Gasteiger partial charge in [0.25, 0.3) is 0 Å². The lowest BCUT2D eigenvalue weighted by molar-refractivity contribution is -0.143. The first-order valence-electron chi connectivity index (χ1n) is 9.10. The predicted octanol–water partition coefficient (Wildman–Crippen LogP) is 3.87. The van der Waals surface area contributed by atoms with E-state index in [-0.39, 0.29) is 18.6 Å². The average Bonchev–Trinajstić information content (AvgIpc) is 2.66. The van der Waals surface area contributed by atoms with Crippen LogP contribution in [0.1, 0.15) is 31.9 Å². The van der Waals surface area contributed by atoms with Crippen LogP contribution in [-0.2, 0) is 27.3 Å². The molecule has 2 aromatic carbocycles. The van der Waals surface area contributed by atoms with E-state index in [0.29, 0.717) is 0 Å². The molecule has 6 heteroatoms.